The summed E-state index contributed by atoms with van der Waals surface area (Å²) in [5.41, 5.74) is 2.35. The van der Waals surface area contributed by atoms with E-state index in [1.165, 1.54) is 0 Å². The maximum atomic E-state index is 3.97. The first-order chi connectivity index (χ1) is 5.95. The van der Waals surface area contributed by atoms with Crippen molar-refractivity contribution in [2.45, 2.75) is 0 Å². The van der Waals surface area contributed by atoms with Crippen LogP contribution < -0.4 is 0 Å². The molecule has 2 aromatic heterocycles. The van der Waals surface area contributed by atoms with Crippen molar-refractivity contribution in [1.29, 1.82) is 0 Å². The lowest BCUT2D eigenvalue weighted by atomic mass is 10.3. The Morgan fingerprint density at radius 3 is 1.92 bits per heavy atom. The summed E-state index contributed by atoms with van der Waals surface area (Å²) in [7, 11) is 0. The van der Waals surface area contributed by atoms with E-state index in [1.54, 1.807) is 0 Å². The molecule has 4 nitrogen and oxygen atoms in total. The molecule has 0 saturated carbocycles. The lowest BCUT2D eigenvalue weighted by Gasteiger charge is -1.72. The van der Waals surface area contributed by atoms with Crippen LogP contribution in [0.3, 0.4) is 0 Å². The quantitative estimate of drug-likeness (QED) is 0.487. The number of aromatic nitrogens is 4. The minimum Gasteiger partial charge on any atom is -0.148 e. The van der Waals surface area contributed by atoms with Crippen molar-refractivity contribution in [1.82, 2.24) is 20.4 Å². The van der Waals surface area contributed by atoms with Crippen LogP contribution in [-0.2, 0) is 0 Å². The van der Waals surface area contributed by atoms with E-state index in [4.69, 9.17) is 0 Å². The second-order valence-corrected chi connectivity index (χ2v) is 2.59. The molecule has 3 aromatic rings. The molecular formula is C8H4N4. The monoisotopic (exact) mass is 156 g/mol. The maximum absolute atomic E-state index is 3.97. The van der Waals surface area contributed by atoms with Gasteiger partial charge in [0, 0.05) is 0 Å². The third kappa shape index (κ3) is 0.567. The van der Waals surface area contributed by atoms with Gasteiger partial charge in [-0.2, -0.15) is 0 Å². The van der Waals surface area contributed by atoms with E-state index >= 15 is 0 Å². The molecular weight excluding hydrogens is 152 g/mol. The van der Waals surface area contributed by atoms with Crippen molar-refractivity contribution in [2.75, 3.05) is 0 Å². The van der Waals surface area contributed by atoms with Gasteiger partial charge in [0.1, 0.15) is 0 Å². The first kappa shape index (κ1) is 5.77. The molecule has 0 unspecified atom stereocenters. The van der Waals surface area contributed by atoms with E-state index < -0.39 is 0 Å². The Morgan fingerprint density at radius 2 is 1.33 bits per heavy atom. The highest BCUT2D eigenvalue weighted by molar-refractivity contribution is 6.03. The van der Waals surface area contributed by atoms with Crippen LogP contribution in [-0.4, -0.2) is 20.4 Å². The van der Waals surface area contributed by atoms with Crippen LogP contribution in [0.1, 0.15) is 0 Å². The summed E-state index contributed by atoms with van der Waals surface area (Å²) in [6.45, 7) is 0. The van der Waals surface area contributed by atoms with Gasteiger partial charge in [-0.05, 0) is 12.1 Å². The molecule has 0 amide bonds. The number of hydrogen-bond donors (Lipinski definition) is 0. The Labute approximate surface area is 67.6 Å². The van der Waals surface area contributed by atoms with Gasteiger partial charge in [-0.1, -0.05) is 12.1 Å². The molecule has 4 heteroatoms. The Balaban J connectivity index is 2.78. The summed E-state index contributed by atoms with van der Waals surface area (Å²) in [6.07, 6.45) is 0. The molecule has 0 N–H and O–H groups in total. The van der Waals surface area contributed by atoms with Crippen molar-refractivity contribution < 1.29 is 0 Å². The van der Waals surface area contributed by atoms with E-state index in [0.29, 0.717) is 5.65 Å². The Morgan fingerprint density at radius 1 is 0.750 bits per heavy atom. The van der Waals surface area contributed by atoms with Crippen molar-refractivity contribution in [3.05, 3.63) is 24.3 Å². The minimum absolute atomic E-state index is 0.635. The predicted molar refractivity (Wildman–Crippen MR) is 43.8 cm³/mol. The SMILES string of the molecule is c1ccc2nnc3nnc(c1)c23. The first-order valence-electron chi connectivity index (χ1n) is 3.62. The van der Waals surface area contributed by atoms with Crippen molar-refractivity contribution in [3.63, 3.8) is 0 Å². The predicted octanol–water partition coefficient (Wildman–Crippen LogP) is 1.01. The minimum atomic E-state index is 0.635. The lowest BCUT2D eigenvalue weighted by Crippen LogP contribution is -1.70. The second-order valence-electron chi connectivity index (χ2n) is 2.59. The zero-order valence-electron chi connectivity index (χ0n) is 6.10. The molecule has 2 heterocycles. The molecule has 56 valence electrons. The largest absolute Gasteiger partial charge is 0.208 e. The van der Waals surface area contributed by atoms with E-state index in [0.717, 1.165) is 16.4 Å². The van der Waals surface area contributed by atoms with Crippen molar-refractivity contribution in [2.24, 2.45) is 0 Å². The third-order valence-corrected chi connectivity index (χ3v) is 1.86. The summed E-state index contributed by atoms with van der Waals surface area (Å²) in [6, 6.07) is 7.66. The highest BCUT2D eigenvalue weighted by Gasteiger charge is 2.07. The Kier molecular flexibility index (Phi) is 0.889. The van der Waals surface area contributed by atoms with Crippen LogP contribution in [0, 0.1) is 0 Å². The third-order valence-electron chi connectivity index (χ3n) is 1.86. The van der Waals surface area contributed by atoms with Gasteiger partial charge < -0.3 is 0 Å². The van der Waals surface area contributed by atoms with E-state index in [9.17, 15) is 0 Å². The van der Waals surface area contributed by atoms with Crippen LogP contribution in [0.15, 0.2) is 24.3 Å². The summed E-state index contributed by atoms with van der Waals surface area (Å²) in [5, 5.41) is 16.7. The van der Waals surface area contributed by atoms with Gasteiger partial charge in [-0.15, -0.1) is 20.4 Å². The highest BCUT2D eigenvalue weighted by Crippen LogP contribution is 2.19. The molecule has 0 atom stereocenters. The van der Waals surface area contributed by atoms with Gasteiger partial charge >= 0.3 is 0 Å². The zero-order chi connectivity index (χ0) is 7.97. The fraction of sp³-hybridized carbons (Fsp3) is 0. The summed E-state index contributed by atoms with van der Waals surface area (Å²) >= 11 is 0. The molecule has 0 fully saturated rings. The standard InChI is InChI=1S/C8H4N4/c1-2-4-6-7-5(3-1)9-11-8(7)12-10-6/h1-4H. The molecule has 0 aliphatic rings. The van der Waals surface area contributed by atoms with Crippen LogP contribution in [0.4, 0.5) is 0 Å². The molecule has 1 aromatic carbocycles. The molecule has 0 aliphatic heterocycles. The fourth-order valence-corrected chi connectivity index (χ4v) is 1.31. The lowest BCUT2D eigenvalue weighted by molar-refractivity contribution is 1.07. The van der Waals surface area contributed by atoms with Crippen LogP contribution in [0.2, 0.25) is 0 Å². The normalized spacial score (nSPS) is 11.3. The zero-order valence-corrected chi connectivity index (χ0v) is 6.10. The van der Waals surface area contributed by atoms with Crippen LogP contribution in [0.25, 0.3) is 22.1 Å². The molecule has 0 aliphatic carbocycles. The summed E-state index contributed by atoms with van der Waals surface area (Å²) < 4.78 is 0. The maximum Gasteiger partial charge on any atom is 0.208 e. The summed E-state index contributed by atoms with van der Waals surface area (Å²) in [4.78, 5) is 0. The average Bonchev–Trinajstić information content (AvgIpc) is 2.57. The molecule has 3 rings (SSSR count). The molecule has 0 saturated heterocycles. The van der Waals surface area contributed by atoms with Crippen LogP contribution in [0.5, 0.6) is 0 Å². The van der Waals surface area contributed by atoms with E-state index in [-0.39, 0.29) is 0 Å². The number of nitrogens with zero attached hydrogens (tertiary/aromatic N) is 4. The average molecular weight is 156 g/mol. The molecule has 0 spiro atoms. The number of rotatable bonds is 0. The first-order valence-corrected chi connectivity index (χ1v) is 3.62. The van der Waals surface area contributed by atoms with Crippen molar-refractivity contribution in [3.8, 4) is 0 Å². The van der Waals surface area contributed by atoms with E-state index in [1.807, 2.05) is 24.3 Å². The van der Waals surface area contributed by atoms with E-state index in [2.05, 4.69) is 20.4 Å². The smallest absolute Gasteiger partial charge is 0.148 e. The van der Waals surface area contributed by atoms with Gasteiger partial charge in [0.2, 0.25) is 5.65 Å². The second kappa shape index (κ2) is 1.85. The topological polar surface area (TPSA) is 51.6 Å². The van der Waals surface area contributed by atoms with Crippen LogP contribution >= 0.6 is 0 Å². The highest BCUT2D eigenvalue weighted by atomic mass is 15.2. The van der Waals surface area contributed by atoms with Gasteiger partial charge in [-0.25, -0.2) is 0 Å². The van der Waals surface area contributed by atoms with Gasteiger partial charge in [0.25, 0.3) is 0 Å². The number of hydrogen-bond acceptors (Lipinski definition) is 4. The van der Waals surface area contributed by atoms with Gasteiger partial charge in [0.15, 0.2) is 0 Å². The molecule has 0 radical (unpaired) electrons. The Bertz CT molecular complexity index is 489. The Hall–Kier alpha value is -1.84. The summed E-state index contributed by atoms with van der Waals surface area (Å²) in [5.74, 6) is 0. The van der Waals surface area contributed by atoms with Crippen molar-refractivity contribution >= 4 is 22.1 Å². The van der Waals surface area contributed by atoms with Gasteiger partial charge in [0.05, 0.1) is 16.4 Å². The van der Waals surface area contributed by atoms with Gasteiger partial charge in [-0.3, -0.25) is 0 Å². The molecule has 0 bridgehead atoms. The fourth-order valence-electron chi connectivity index (χ4n) is 1.31. The molecule has 12 heavy (non-hydrogen) atoms.